The number of nitrogens with two attached hydrogens (primary N) is 1. The van der Waals surface area contributed by atoms with Gasteiger partial charge in [-0.3, -0.25) is 0 Å². The van der Waals surface area contributed by atoms with Gasteiger partial charge in [-0.05, 0) is 31.0 Å². The van der Waals surface area contributed by atoms with Crippen molar-refractivity contribution >= 4 is 5.69 Å². The Morgan fingerprint density at radius 1 is 1.06 bits per heavy atom. The van der Waals surface area contributed by atoms with Crippen LogP contribution in [0.5, 0.6) is 5.75 Å². The van der Waals surface area contributed by atoms with Crippen LogP contribution < -0.4 is 10.5 Å². The fraction of sp³-hybridized carbons (Fsp3) is 0.600. The molecule has 0 heterocycles. The van der Waals surface area contributed by atoms with Crippen LogP contribution in [0.3, 0.4) is 0 Å². The molecule has 2 N–H and O–H groups in total. The smallest absolute Gasteiger partial charge is 0.119 e. The highest BCUT2D eigenvalue weighted by molar-refractivity contribution is 5.50. The normalized spacial score (nSPS) is 10.6. The third-order valence-electron chi connectivity index (χ3n) is 2.78. The molecule has 1 rings (SSSR count). The van der Waals surface area contributed by atoms with Crippen molar-refractivity contribution in [2.45, 2.75) is 46.1 Å². The van der Waals surface area contributed by atoms with Crippen molar-refractivity contribution in [3.05, 3.63) is 23.8 Å². The topological polar surface area (TPSA) is 44.5 Å². The summed E-state index contributed by atoms with van der Waals surface area (Å²) in [7, 11) is 0. The van der Waals surface area contributed by atoms with E-state index < -0.39 is 0 Å². The molecule has 0 radical (unpaired) electrons. The fourth-order valence-corrected chi connectivity index (χ4v) is 1.56. The van der Waals surface area contributed by atoms with E-state index in [0.717, 1.165) is 55.9 Å². The van der Waals surface area contributed by atoms with E-state index in [1.807, 2.05) is 18.2 Å². The van der Waals surface area contributed by atoms with Gasteiger partial charge < -0.3 is 15.2 Å². The number of nitrogen functional groups attached to an aromatic ring is 1. The summed E-state index contributed by atoms with van der Waals surface area (Å²) in [6.45, 7) is 6.42. The number of hydrogen-bond acceptors (Lipinski definition) is 3. The van der Waals surface area contributed by atoms with Gasteiger partial charge in [-0.15, -0.1) is 0 Å². The summed E-state index contributed by atoms with van der Waals surface area (Å²) >= 11 is 0. The van der Waals surface area contributed by atoms with Crippen molar-refractivity contribution in [2.24, 2.45) is 0 Å². The Hall–Kier alpha value is -1.22. The first-order valence-electron chi connectivity index (χ1n) is 6.86. The highest BCUT2D eigenvalue weighted by Crippen LogP contribution is 2.21. The highest BCUT2D eigenvalue weighted by Gasteiger charge is 2.02. The number of benzene rings is 1. The van der Waals surface area contributed by atoms with E-state index in [1.165, 1.54) is 0 Å². The monoisotopic (exact) mass is 251 g/mol. The molecule has 0 unspecified atom stereocenters. The number of unbranched alkanes of at least 4 members (excludes halogenated alkanes) is 2. The van der Waals surface area contributed by atoms with Crippen molar-refractivity contribution in [3.8, 4) is 5.75 Å². The SMILES string of the molecule is CCCCOCc1cc(OCCCC)ccc1N. The molecule has 0 bridgehead atoms. The summed E-state index contributed by atoms with van der Waals surface area (Å²) < 4.78 is 11.2. The van der Waals surface area contributed by atoms with E-state index in [9.17, 15) is 0 Å². The molecule has 0 aliphatic carbocycles. The van der Waals surface area contributed by atoms with Crippen molar-refractivity contribution in [1.82, 2.24) is 0 Å². The second-order valence-corrected chi connectivity index (χ2v) is 4.47. The summed E-state index contributed by atoms with van der Waals surface area (Å²) in [5.41, 5.74) is 7.71. The Labute approximate surface area is 110 Å². The van der Waals surface area contributed by atoms with Gasteiger partial charge in [0.15, 0.2) is 0 Å². The van der Waals surface area contributed by atoms with Crippen LogP contribution in [-0.4, -0.2) is 13.2 Å². The molecule has 0 amide bonds. The largest absolute Gasteiger partial charge is 0.494 e. The van der Waals surface area contributed by atoms with Crippen LogP contribution in [-0.2, 0) is 11.3 Å². The Bertz CT molecular complexity index is 339. The molecule has 3 heteroatoms. The zero-order valence-corrected chi connectivity index (χ0v) is 11.6. The lowest BCUT2D eigenvalue weighted by atomic mass is 10.2. The third-order valence-corrected chi connectivity index (χ3v) is 2.78. The standard InChI is InChI=1S/C15H25NO2/c1-3-5-9-17-12-13-11-14(7-8-15(13)16)18-10-6-4-2/h7-8,11H,3-6,9-10,12,16H2,1-2H3. The van der Waals surface area contributed by atoms with Crippen LogP contribution in [0.1, 0.15) is 45.1 Å². The van der Waals surface area contributed by atoms with Gasteiger partial charge in [0.1, 0.15) is 5.75 Å². The van der Waals surface area contributed by atoms with Crippen LogP contribution in [0.15, 0.2) is 18.2 Å². The van der Waals surface area contributed by atoms with Gasteiger partial charge in [-0.2, -0.15) is 0 Å². The zero-order chi connectivity index (χ0) is 13.2. The Morgan fingerprint density at radius 2 is 1.78 bits per heavy atom. The minimum atomic E-state index is 0.566. The summed E-state index contributed by atoms with van der Waals surface area (Å²) in [6.07, 6.45) is 4.46. The summed E-state index contributed by atoms with van der Waals surface area (Å²) in [5, 5.41) is 0. The maximum absolute atomic E-state index is 5.92. The maximum atomic E-state index is 5.92. The van der Waals surface area contributed by atoms with Gasteiger partial charge in [0.25, 0.3) is 0 Å². The number of anilines is 1. The number of hydrogen-bond donors (Lipinski definition) is 1. The number of rotatable bonds is 9. The molecule has 0 saturated heterocycles. The van der Waals surface area contributed by atoms with Gasteiger partial charge in [0, 0.05) is 17.9 Å². The van der Waals surface area contributed by atoms with E-state index in [4.69, 9.17) is 15.2 Å². The van der Waals surface area contributed by atoms with Gasteiger partial charge in [-0.25, -0.2) is 0 Å². The van der Waals surface area contributed by atoms with Crippen LogP contribution in [0.2, 0.25) is 0 Å². The highest BCUT2D eigenvalue weighted by atomic mass is 16.5. The fourth-order valence-electron chi connectivity index (χ4n) is 1.56. The predicted molar refractivity (Wildman–Crippen MR) is 75.8 cm³/mol. The summed E-state index contributed by atoms with van der Waals surface area (Å²) in [6, 6.07) is 5.79. The van der Waals surface area contributed by atoms with Gasteiger partial charge in [0.2, 0.25) is 0 Å². The predicted octanol–water partition coefficient (Wildman–Crippen LogP) is 3.76. The third kappa shape index (κ3) is 5.41. The van der Waals surface area contributed by atoms with Gasteiger partial charge in [-0.1, -0.05) is 26.7 Å². The lowest BCUT2D eigenvalue weighted by Crippen LogP contribution is -2.02. The molecule has 0 saturated carbocycles. The molecule has 0 aliphatic rings. The minimum Gasteiger partial charge on any atom is -0.494 e. The second-order valence-electron chi connectivity index (χ2n) is 4.47. The average Bonchev–Trinajstić information content (AvgIpc) is 2.38. The second kappa shape index (κ2) is 8.81. The van der Waals surface area contributed by atoms with E-state index in [-0.39, 0.29) is 0 Å². The molecule has 18 heavy (non-hydrogen) atoms. The van der Waals surface area contributed by atoms with Crippen LogP contribution in [0.4, 0.5) is 5.69 Å². The van der Waals surface area contributed by atoms with Crippen molar-refractivity contribution in [1.29, 1.82) is 0 Å². The Balaban J connectivity index is 2.46. The van der Waals surface area contributed by atoms with E-state index in [2.05, 4.69) is 13.8 Å². The van der Waals surface area contributed by atoms with Crippen molar-refractivity contribution in [2.75, 3.05) is 18.9 Å². The number of ether oxygens (including phenoxy) is 2. The summed E-state index contributed by atoms with van der Waals surface area (Å²) in [4.78, 5) is 0. The van der Waals surface area contributed by atoms with Crippen molar-refractivity contribution in [3.63, 3.8) is 0 Å². The van der Waals surface area contributed by atoms with Gasteiger partial charge in [0.05, 0.1) is 13.2 Å². The van der Waals surface area contributed by atoms with E-state index >= 15 is 0 Å². The Kier molecular flexibility index (Phi) is 7.26. The minimum absolute atomic E-state index is 0.566. The van der Waals surface area contributed by atoms with Crippen LogP contribution in [0.25, 0.3) is 0 Å². The first-order valence-corrected chi connectivity index (χ1v) is 6.86. The molecule has 0 spiro atoms. The first-order chi connectivity index (χ1) is 8.77. The molecule has 1 aromatic rings. The lowest BCUT2D eigenvalue weighted by molar-refractivity contribution is 0.118. The van der Waals surface area contributed by atoms with Crippen molar-refractivity contribution < 1.29 is 9.47 Å². The molecular weight excluding hydrogens is 226 g/mol. The quantitative estimate of drug-likeness (QED) is 0.537. The van der Waals surface area contributed by atoms with Crippen LogP contribution in [0, 0.1) is 0 Å². The average molecular weight is 251 g/mol. The van der Waals surface area contributed by atoms with Gasteiger partial charge >= 0.3 is 0 Å². The zero-order valence-electron chi connectivity index (χ0n) is 11.6. The molecule has 0 aromatic heterocycles. The molecule has 102 valence electrons. The molecular formula is C15H25NO2. The molecule has 3 nitrogen and oxygen atoms in total. The summed E-state index contributed by atoms with van der Waals surface area (Å²) in [5.74, 6) is 0.881. The maximum Gasteiger partial charge on any atom is 0.119 e. The molecule has 0 aliphatic heterocycles. The van der Waals surface area contributed by atoms with E-state index in [1.54, 1.807) is 0 Å². The van der Waals surface area contributed by atoms with Crippen LogP contribution >= 0.6 is 0 Å². The van der Waals surface area contributed by atoms with E-state index in [0.29, 0.717) is 6.61 Å². The Morgan fingerprint density at radius 3 is 2.50 bits per heavy atom. The molecule has 0 fully saturated rings. The molecule has 0 atom stereocenters. The lowest BCUT2D eigenvalue weighted by Gasteiger charge is -2.10. The first kappa shape index (κ1) is 14.8. The molecule has 1 aromatic carbocycles.